The molecule has 1 aliphatic carbocycles. The fourth-order valence-electron chi connectivity index (χ4n) is 5.24. The summed E-state index contributed by atoms with van der Waals surface area (Å²) in [4.78, 5) is 18.3. The van der Waals surface area contributed by atoms with E-state index in [2.05, 4.69) is 22.0 Å². The second kappa shape index (κ2) is 10.1. The topological polar surface area (TPSA) is 48.7 Å². The zero-order valence-corrected chi connectivity index (χ0v) is 20.5. The van der Waals surface area contributed by atoms with Gasteiger partial charge in [0.05, 0.1) is 0 Å². The van der Waals surface area contributed by atoms with Gasteiger partial charge in [-0.3, -0.25) is 9.69 Å². The molecule has 0 radical (unpaired) electrons. The van der Waals surface area contributed by atoms with Crippen LogP contribution in [0.1, 0.15) is 60.7 Å². The number of rotatable bonds is 5. The van der Waals surface area contributed by atoms with E-state index in [0.29, 0.717) is 17.3 Å². The van der Waals surface area contributed by atoms with E-state index in [4.69, 9.17) is 16.0 Å². The monoisotopic (exact) mass is 467 g/mol. The van der Waals surface area contributed by atoms with Crippen LogP contribution < -0.4 is 5.32 Å². The number of halogens is 2. The summed E-state index contributed by atoms with van der Waals surface area (Å²) in [5.74, 6) is 0.294. The Morgan fingerprint density at radius 2 is 1.81 bits per heavy atom. The first-order chi connectivity index (χ1) is 14.4. The molecule has 1 aliphatic heterocycles. The van der Waals surface area contributed by atoms with Gasteiger partial charge in [0.1, 0.15) is 5.58 Å². The average molecular weight is 468 g/mol. The number of fused-ring (bicyclic) bond motifs is 1. The first kappa shape index (κ1) is 24.4. The fraction of sp³-hybridized carbons (Fsp3) is 0.625. The molecule has 1 amide bonds. The lowest BCUT2D eigenvalue weighted by molar-refractivity contribution is 0.00907. The molecule has 1 aromatic carbocycles. The maximum absolute atomic E-state index is 13.1. The van der Waals surface area contributed by atoms with E-state index in [1.54, 1.807) is 0 Å². The normalized spacial score (nSPS) is 19.9. The number of furan rings is 1. The maximum atomic E-state index is 13.1. The first-order valence-electron chi connectivity index (χ1n) is 11.4. The lowest BCUT2D eigenvalue weighted by Gasteiger charge is -2.50. The highest BCUT2D eigenvalue weighted by Gasteiger charge is 2.39. The van der Waals surface area contributed by atoms with Crippen LogP contribution in [-0.4, -0.2) is 60.5 Å². The molecule has 4 rings (SSSR count). The molecule has 2 aromatic rings. The molecular weight excluding hydrogens is 433 g/mol. The largest absolute Gasteiger partial charge is 0.451 e. The van der Waals surface area contributed by atoms with Crippen molar-refractivity contribution in [3.63, 3.8) is 0 Å². The number of hydrogen-bond donors (Lipinski definition) is 1. The predicted octanol–water partition coefficient (Wildman–Crippen LogP) is 5.20. The van der Waals surface area contributed by atoms with E-state index in [9.17, 15) is 4.79 Å². The molecule has 2 aliphatic rings. The summed E-state index contributed by atoms with van der Waals surface area (Å²) in [6.45, 7) is 12.3. The molecule has 2 heterocycles. The van der Waals surface area contributed by atoms with Gasteiger partial charge in [0.2, 0.25) is 0 Å². The van der Waals surface area contributed by atoms with Gasteiger partial charge in [-0.1, -0.05) is 37.8 Å². The minimum atomic E-state index is -0.116. The lowest BCUT2D eigenvalue weighted by atomic mass is 9.79. The van der Waals surface area contributed by atoms with Crippen LogP contribution in [0.3, 0.4) is 0 Å². The summed E-state index contributed by atoms with van der Waals surface area (Å²) in [6, 6.07) is 3.81. The molecule has 172 valence electrons. The van der Waals surface area contributed by atoms with Crippen molar-refractivity contribution >= 4 is 40.9 Å². The summed E-state index contributed by atoms with van der Waals surface area (Å²) < 4.78 is 5.95. The number of nitrogens with zero attached hydrogens (tertiary/aromatic N) is 2. The third kappa shape index (κ3) is 4.90. The van der Waals surface area contributed by atoms with Crippen molar-refractivity contribution in [1.29, 1.82) is 0 Å². The van der Waals surface area contributed by atoms with Crippen molar-refractivity contribution < 1.29 is 9.21 Å². The molecule has 2 fully saturated rings. The molecule has 5 nitrogen and oxygen atoms in total. The predicted molar refractivity (Wildman–Crippen MR) is 130 cm³/mol. The average Bonchev–Trinajstić information content (AvgIpc) is 3.08. The molecule has 0 atom stereocenters. The highest BCUT2D eigenvalue weighted by atomic mass is 35.5. The molecule has 0 spiro atoms. The van der Waals surface area contributed by atoms with Crippen LogP contribution in [0.4, 0.5) is 0 Å². The number of benzene rings is 1. The summed E-state index contributed by atoms with van der Waals surface area (Å²) >= 11 is 6.29. The van der Waals surface area contributed by atoms with Crippen molar-refractivity contribution in [2.24, 2.45) is 0 Å². The van der Waals surface area contributed by atoms with Crippen LogP contribution in [-0.2, 0) is 0 Å². The van der Waals surface area contributed by atoms with Gasteiger partial charge >= 0.3 is 0 Å². The number of carbonyl (C=O) groups is 1. The van der Waals surface area contributed by atoms with Gasteiger partial charge in [0.15, 0.2) is 5.76 Å². The van der Waals surface area contributed by atoms with Crippen LogP contribution in [0.2, 0.25) is 5.02 Å². The van der Waals surface area contributed by atoms with Crippen molar-refractivity contribution in [2.75, 3.05) is 39.3 Å². The van der Waals surface area contributed by atoms with E-state index in [1.165, 1.54) is 19.3 Å². The second-order valence-electron chi connectivity index (χ2n) is 9.04. The second-order valence-corrected chi connectivity index (χ2v) is 9.45. The van der Waals surface area contributed by atoms with Gasteiger partial charge in [-0.25, -0.2) is 0 Å². The molecule has 0 unspecified atom stereocenters. The highest BCUT2D eigenvalue weighted by Crippen LogP contribution is 2.35. The number of nitrogens with one attached hydrogen (secondary N) is 1. The third-order valence-electron chi connectivity index (χ3n) is 7.28. The fourth-order valence-corrected chi connectivity index (χ4v) is 5.40. The van der Waals surface area contributed by atoms with Crippen molar-refractivity contribution in [3.8, 4) is 0 Å². The Morgan fingerprint density at radius 3 is 2.45 bits per heavy atom. The van der Waals surface area contributed by atoms with Crippen molar-refractivity contribution in [1.82, 2.24) is 15.1 Å². The molecular formula is C24H35Cl2N3O2. The van der Waals surface area contributed by atoms with Gasteiger partial charge in [0, 0.05) is 54.2 Å². The van der Waals surface area contributed by atoms with E-state index in [1.807, 2.05) is 26.0 Å². The summed E-state index contributed by atoms with van der Waals surface area (Å²) in [5, 5.41) is 4.86. The van der Waals surface area contributed by atoms with E-state index in [0.717, 1.165) is 67.7 Å². The maximum Gasteiger partial charge on any atom is 0.287 e. The van der Waals surface area contributed by atoms with Crippen LogP contribution in [0.15, 0.2) is 16.5 Å². The lowest BCUT2D eigenvalue weighted by Crippen LogP contribution is -2.61. The SMILES string of the molecule is CCN1CCN(C2(CNC(=O)c3oc4cc(C)c(Cl)cc4c3C)CCCCC2)CC1.Cl. The Morgan fingerprint density at radius 1 is 1.13 bits per heavy atom. The summed E-state index contributed by atoms with van der Waals surface area (Å²) in [6.07, 6.45) is 6.10. The zero-order valence-electron chi connectivity index (χ0n) is 18.9. The Labute approximate surface area is 196 Å². The van der Waals surface area contributed by atoms with Gasteiger partial charge in [-0.15, -0.1) is 12.4 Å². The molecule has 0 bridgehead atoms. The molecule has 1 N–H and O–H groups in total. The van der Waals surface area contributed by atoms with Gasteiger partial charge in [-0.05, 0) is 50.9 Å². The van der Waals surface area contributed by atoms with E-state index < -0.39 is 0 Å². The van der Waals surface area contributed by atoms with Crippen LogP contribution in [0, 0.1) is 13.8 Å². The number of carbonyl (C=O) groups excluding carboxylic acids is 1. The molecule has 1 saturated heterocycles. The number of aryl methyl sites for hydroxylation is 2. The minimum absolute atomic E-state index is 0. The number of piperazine rings is 1. The third-order valence-corrected chi connectivity index (χ3v) is 7.68. The number of likely N-dealkylation sites (N-methyl/N-ethyl adjacent to an activating group) is 1. The Kier molecular flexibility index (Phi) is 7.95. The smallest absolute Gasteiger partial charge is 0.287 e. The molecule has 1 aromatic heterocycles. The highest BCUT2D eigenvalue weighted by molar-refractivity contribution is 6.32. The minimum Gasteiger partial charge on any atom is -0.451 e. The quantitative estimate of drug-likeness (QED) is 0.656. The summed E-state index contributed by atoms with van der Waals surface area (Å²) in [7, 11) is 0. The van der Waals surface area contributed by atoms with E-state index in [-0.39, 0.29) is 23.9 Å². The molecule has 1 saturated carbocycles. The van der Waals surface area contributed by atoms with Gasteiger partial charge in [-0.2, -0.15) is 0 Å². The Bertz CT molecular complexity index is 913. The molecule has 31 heavy (non-hydrogen) atoms. The molecule has 7 heteroatoms. The zero-order chi connectivity index (χ0) is 21.3. The van der Waals surface area contributed by atoms with Crippen LogP contribution in [0.5, 0.6) is 0 Å². The first-order valence-corrected chi connectivity index (χ1v) is 11.8. The van der Waals surface area contributed by atoms with Crippen molar-refractivity contribution in [3.05, 3.63) is 34.0 Å². The van der Waals surface area contributed by atoms with Crippen LogP contribution >= 0.6 is 24.0 Å². The number of amides is 1. The van der Waals surface area contributed by atoms with Crippen molar-refractivity contribution in [2.45, 2.75) is 58.4 Å². The van der Waals surface area contributed by atoms with Crippen LogP contribution in [0.25, 0.3) is 11.0 Å². The van der Waals surface area contributed by atoms with Gasteiger partial charge < -0.3 is 14.6 Å². The Hall–Kier alpha value is -1.27. The number of hydrogen-bond acceptors (Lipinski definition) is 4. The standard InChI is InChI=1S/C24H34ClN3O2.ClH/c1-4-27-10-12-28(13-11-27)24(8-6-5-7-9-24)16-26-23(29)22-18(3)19-15-20(25)17(2)14-21(19)30-22;/h14-15H,4-13,16H2,1-3H3,(H,26,29);1H. The summed E-state index contributed by atoms with van der Waals surface area (Å²) in [5.41, 5.74) is 2.62. The Balaban J connectivity index is 0.00000272. The van der Waals surface area contributed by atoms with E-state index >= 15 is 0 Å². The van der Waals surface area contributed by atoms with Gasteiger partial charge in [0.25, 0.3) is 5.91 Å².